The van der Waals surface area contributed by atoms with Gasteiger partial charge in [-0.2, -0.15) is 0 Å². The fourth-order valence-electron chi connectivity index (χ4n) is 4.33. The van der Waals surface area contributed by atoms with Crippen molar-refractivity contribution in [2.24, 2.45) is 5.41 Å². The van der Waals surface area contributed by atoms with Crippen LogP contribution >= 0.6 is 0 Å². The summed E-state index contributed by atoms with van der Waals surface area (Å²) in [6.45, 7) is 8.25. The molecule has 0 aliphatic heterocycles. The molecule has 0 atom stereocenters. The van der Waals surface area contributed by atoms with Crippen molar-refractivity contribution in [3.63, 3.8) is 0 Å². The molecule has 7 nitrogen and oxygen atoms in total. The molecule has 0 saturated heterocycles. The van der Waals surface area contributed by atoms with Crippen LogP contribution in [0, 0.1) is 11.2 Å². The van der Waals surface area contributed by atoms with Crippen LogP contribution in [0.15, 0.2) is 72.9 Å². The molecule has 4 aromatic rings. The molecule has 0 radical (unpaired) electrons. The van der Waals surface area contributed by atoms with Crippen molar-refractivity contribution >= 4 is 34.1 Å². The summed E-state index contributed by atoms with van der Waals surface area (Å²) < 4.78 is 24.0. The summed E-state index contributed by atoms with van der Waals surface area (Å²) in [5.41, 5.74) is 2.90. The molecule has 1 aliphatic carbocycles. The maximum absolute atomic E-state index is 13.1. The molecule has 1 fully saturated rings. The van der Waals surface area contributed by atoms with E-state index in [-0.39, 0.29) is 11.8 Å². The van der Waals surface area contributed by atoms with Gasteiger partial charge in [0.05, 0.1) is 19.7 Å². The summed E-state index contributed by atoms with van der Waals surface area (Å²) in [6.07, 6.45) is 4.61. The Morgan fingerprint density at radius 1 is 0.833 bits per heavy atom. The number of carbonyl (C=O) groups is 2. The Morgan fingerprint density at radius 2 is 1.33 bits per heavy atom. The van der Waals surface area contributed by atoms with Gasteiger partial charge < -0.3 is 20.1 Å². The van der Waals surface area contributed by atoms with Gasteiger partial charge in [-0.3, -0.25) is 14.6 Å². The molecule has 0 spiro atoms. The quantitative estimate of drug-likeness (QED) is 0.210. The van der Waals surface area contributed by atoms with Gasteiger partial charge in [0, 0.05) is 29.0 Å². The molecule has 222 valence electrons. The Kier molecular flexibility index (Phi) is 11.4. The zero-order valence-corrected chi connectivity index (χ0v) is 25.2. The van der Waals surface area contributed by atoms with E-state index in [0.29, 0.717) is 42.1 Å². The SMILES string of the molecule is CC.CCC.COc1cc2nccc(Cc3ccc(NC(=O)C4(C(=O)Nc5ccc(F)cc5)CC4)cc3)c2cc1OC. The number of amides is 2. The first kappa shape index (κ1) is 32.1. The lowest BCUT2D eigenvalue weighted by Crippen LogP contribution is -2.35. The number of rotatable bonds is 8. The van der Waals surface area contributed by atoms with Gasteiger partial charge in [-0.25, -0.2) is 4.39 Å². The number of halogens is 1. The summed E-state index contributed by atoms with van der Waals surface area (Å²) in [7, 11) is 3.20. The number of nitrogens with one attached hydrogen (secondary N) is 2. The van der Waals surface area contributed by atoms with Crippen LogP contribution in [0.4, 0.5) is 15.8 Å². The highest BCUT2D eigenvalue weighted by Gasteiger charge is 2.56. The summed E-state index contributed by atoms with van der Waals surface area (Å²) >= 11 is 0. The molecule has 1 aromatic heterocycles. The average molecular weight is 574 g/mol. The predicted molar refractivity (Wildman–Crippen MR) is 167 cm³/mol. The molecular formula is C34H40FN3O4. The number of anilines is 2. The smallest absolute Gasteiger partial charge is 0.240 e. The highest BCUT2D eigenvalue weighted by atomic mass is 19.1. The Morgan fingerprint density at radius 3 is 1.83 bits per heavy atom. The Hall–Kier alpha value is -4.46. The maximum atomic E-state index is 13.1. The molecule has 1 aliphatic rings. The summed E-state index contributed by atoms with van der Waals surface area (Å²) in [6, 6.07) is 18.8. The summed E-state index contributed by atoms with van der Waals surface area (Å²) in [5, 5.41) is 6.56. The summed E-state index contributed by atoms with van der Waals surface area (Å²) in [4.78, 5) is 30.2. The lowest BCUT2D eigenvalue weighted by Gasteiger charge is -2.16. The minimum Gasteiger partial charge on any atom is -0.493 e. The lowest BCUT2D eigenvalue weighted by atomic mass is 10.0. The van der Waals surface area contributed by atoms with Crippen LogP contribution in [0.25, 0.3) is 10.9 Å². The number of pyridine rings is 1. The zero-order valence-electron chi connectivity index (χ0n) is 25.2. The van der Waals surface area contributed by atoms with Gasteiger partial charge in [0.2, 0.25) is 11.8 Å². The number of hydrogen-bond donors (Lipinski definition) is 2. The largest absolute Gasteiger partial charge is 0.493 e. The van der Waals surface area contributed by atoms with Gasteiger partial charge in [-0.1, -0.05) is 46.2 Å². The van der Waals surface area contributed by atoms with Crippen LogP contribution < -0.4 is 20.1 Å². The minimum absolute atomic E-state index is 0.346. The van der Waals surface area contributed by atoms with Crippen LogP contribution in [-0.2, 0) is 16.0 Å². The molecule has 0 bridgehead atoms. The van der Waals surface area contributed by atoms with E-state index in [1.807, 2.05) is 56.3 Å². The topological polar surface area (TPSA) is 89.5 Å². The first-order chi connectivity index (χ1) is 20.3. The molecule has 0 unspecified atom stereocenters. The molecule has 2 N–H and O–H groups in total. The van der Waals surface area contributed by atoms with Gasteiger partial charge in [-0.15, -0.1) is 0 Å². The monoisotopic (exact) mass is 573 g/mol. The van der Waals surface area contributed by atoms with E-state index < -0.39 is 11.2 Å². The normalized spacial score (nSPS) is 12.5. The van der Waals surface area contributed by atoms with Crippen molar-refractivity contribution in [2.75, 3.05) is 24.9 Å². The standard InChI is InChI=1S/C29H26FN3O4.C3H8.C2H6/c1-36-25-16-23-19(11-14-31-24(23)17-26(25)37-2)15-18-3-7-21(8-4-18)32-27(34)29(12-13-29)28(35)33-22-9-5-20(30)6-10-22;1-3-2;1-2/h3-11,14,16-17H,12-13,15H2,1-2H3,(H,32,34)(H,33,35);3H2,1-2H3;1-2H3. The Balaban J connectivity index is 0.000000910. The molecule has 5 rings (SSSR count). The fraction of sp³-hybridized carbons (Fsp3) is 0.324. The summed E-state index contributed by atoms with van der Waals surface area (Å²) in [5.74, 6) is 0.141. The second-order valence-corrected chi connectivity index (χ2v) is 9.77. The van der Waals surface area contributed by atoms with Gasteiger partial charge >= 0.3 is 0 Å². The van der Waals surface area contributed by atoms with E-state index in [9.17, 15) is 14.0 Å². The van der Waals surface area contributed by atoms with Crippen LogP contribution in [0.3, 0.4) is 0 Å². The van der Waals surface area contributed by atoms with Crippen molar-refractivity contribution in [3.8, 4) is 11.5 Å². The third-order valence-corrected chi connectivity index (χ3v) is 6.66. The number of ether oxygens (including phenoxy) is 2. The number of hydrogen-bond acceptors (Lipinski definition) is 5. The van der Waals surface area contributed by atoms with Crippen molar-refractivity contribution in [3.05, 3.63) is 89.9 Å². The molecule has 2 amide bonds. The second kappa shape index (κ2) is 15.0. The molecule has 1 saturated carbocycles. The molecule has 3 aromatic carbocycles. The van der Waals surface area contributed by atoms with Crippen LogP contribution in [0.5, 0.6) is 11.5 Å². The van der Waals surface area contributed by atoms with E-state index in [1.54, 1.807) is 20.4 Å². The Labute approximate surface area is 247 Å². The first-order valence-electron chi connectivity index (χ1n) is 14.3. The molecule has 8 heteroatoms. The van der Waals surface area contributed by atoms with E-state index >= 15 is 0 Å². The van der Waals surface area contributed by atoms with Gasteiger partial charge in [0.25, 0.3) is 0 Å². The number of nitrogens with zero attached hydrogens (tertiary/aromatic N) is 1. The fourth-order valence-corrected chi connectivity index (χ4v) is 4.33. The van der Waals surface area contributed by atoms with E-state index in [4.69, 9.17) is 9.47 Å². The number of aromatic nitrogens is 1. The Bertz CT molecular complexity index is 1480. The average Bonchev–Trinajstić information content (AvgIpc) is 3.83. The van der Waals surface area contributed by atoms with E-state index in [2.05, 4.69) is 29.5 Å². The highest BCUT2D eigenvalue weighted by Crippen LogP contribution is 2.47. The predicted octanol–water partition coefficient (Wildman–Crippen LogP) is 7.78. The van der Waals surface area contributed by atoms with Crippen molar-refractivity contribution < 1.29 is 23.5 Å². The highest BCUT2D eigenvalue weighted by molar-refractivity contribution is 6.16. The molecule has 1 heterocycles. The lowest BCUT2D eigenvalue weighted by molar-refractivity contribution is -0.131. The number of methoxy groups -OCH3 is 2. The van der Waals surface area contributed by atoms with Gasteiger partial charge in [0.1, 0.15) is 11.2 Å². The van der Waals surface area contributed by atoms with Gasteiger partial charge in [-0.05, 0) is 78.9 Å². The third kappa shape index (κ3) is 7.63. The van der Waals surface area contributed by atoms with Crippen molar-refractivity contribution in [1.29, 1.82) is 0 Å². The number of benzene rings is 3. The van der Waals surface area contributed by atoms with Crippen LogP contribution in [0.1, 0.15) is 58.1 Å². The molecular weight excluding hydrogens is 533 g/mol. The third-order valence-electron chi connectivity index (χ3n) is 6.66. The van der Waals surface area contributed by atoms with Crippen molar-refractivity contribution in [2.45, 2.75) is 53.4 Å². The number of fused-ring (bicyclic) bond motifs is 1. The van der Waals surface area contributed by atoms with Crippen LogP contribution in [-0.4, -0.2) is 31.0 Å². The molecule has 42 heavy (non-hydrogen) atoms. The minimum atomic E-state index is -1.11. The first-order valence-corrected chi connectivity index (χ1v) is 14.3. The van der Waals surface area contributed by atoms with Crippen molar-refractivity contribution in [1.82, 2.24) is 4.98 Å². The van der Waals surface area contributed by atoms with E-state index in [1.165, 1.54) is 30.7 Å². The van der Waals surface area contributed by atoms with E-state index in [0.717, 1.165) is 22.0 Å². The second-order valence-electron chi connectivity index (χ2n) is 9.77. The van der Waals surface area contributed by atoms with Crippen LogP contribution in [0.2, 0.25) is 0 Å². The zero-order chi connectivity index (χ0) is 30.7. The van der Waals surface area contributed by atoms with Gasteiger partial charge in [0.15, 0.2) is 11.5 Å². The number of carbonyl (C=O) groups excluding carboxylic acids is 2. The maximum Gasteiger partial charge on any atom is 0.240 e.